The molecule has 2 unspecified atom stereocenters. The molecule has 0 fully saturated rings. The van der Waals surface area contributed by atoms with Crippen molar-refractivity contribution in [3.05, 3.63) is 54.1 Å². The number of carbonyl (C=O) groups excluding carboxylic acids is 1. The summed E-state index contributed by atoms with van der Waals surface area (Å²) in [6.45, 7) is 6.93. The van der Waals surface area contributed by atoms with Gasteiger partial charge in [-0.2, -0.15) is 0 Å². The van der Waals surface area contributed by atoms with E-state index < -0.39 is 18.2 Å². The molecule has 2 atom stereocenters. The molecular formula is C24H30O7. The van der Waals surface area contributed by atoms with Crippen LogP contribution in [-0.4, -0.2) is 40.5 Å². The summed E-state index contributed by atoms with van der Waals surface area (Å²) in [4.78, 5) is 11.8. The number of carbonyl (C=O) groups is 1. The summed E-state index contributed by atoms with van der Waals surface area (Å²) in [5.41, 5.74) is 1.67. The Morgan fingerprint density at radius 1 is 0.935 bits per heavy atom. The topological polar surface area (TPSA) is 72.5 Å². The van der Waals surface area contributed by atoms with E-state index in [0.717, 1.165) is 5.56 Å². The average Bonchev–Trinajstić information content (AvgIpc) is 2.77. The molecule has 2 aromatic carbocycles. The van der Waals surface area contributed by atoms with Crippen molar-refractivity contribution in [2.24, 2.45) is 0 Å². The van der Waals surface area contributed by atoms with Gasteiger partial charge in [-0.1, -0.05) is 12.1 Å². The SMILES string of the molecule is C=CCc1cc(OC)c(OC(C)C(OC(C)=O)c2ccc(OC)c(OC)c2)c(OC)c1. The lowest BCUT2D eigenvalue weighted by Crippen LogP contribution is -2.26. The molecule has 0 aliphatic heterocycles. The zero-order valence-corrected chi connectivity index (χ0v) is 18.9. The molecule has 2 rings (SSSR count). The number of hydrogen-bond donors (Lipinski definition) is 0. The van der Waals surface area contributed by atoms with Crippen molar-refractivity contribution < 1.29 is 33.2 Å². The Morgan fingerprint density at radius 2 is 1.52 bits per heavy atom. The largest absolute Gasteiger partial charge is 0.493 e. The van der Waals surface area contributed by atoms with Crippen molar-refractivity contribution >= 4 is 5.97 Å². The zero-order chi connectivity index (χ0) is 23.0. The molecule has 0 saturated heterocycles. The van der Waals surface area contributed by atoms with Gasteiger partial charge in [-0.15, -0.1) is 6.58 Å². The van der Waals surface area contributed by atoms with Crippen molar-refractivity contribution in [3.63, 3.8) is 0 Å². The highest BCUT2D eigenvalue weighted by Crippen LogP contribution is 2.41. The molecule has 0 aromatic heterocycles. The molecular weight excluding hydrogens is 400 g/mol. The minimum absolute atomic E-state index is 0.419. The van der Waals surface area contributed by atoms with Gasteiger partial charge in [0.15, 0.2) is 29.1 Å². The van der Waals surface area contributed by atoms with E-state index in [9.17, 15) is 4.79 Å². The quantitative estimate of drug-likeness (QED) is 0.383. The molecule has 7 nitrogen and oxygen atoms in total. The Kier molecular flexibility index (Phi) is 8.61. The van der Waals surface area contributed by atoms with Crippen LogP contribution >= 0.6 is 0 Å². The Bertz CT molecular complexity index is 882. The highest BCUT2D eigenvalue weighted by atomic mass is 16.6. The molecule has 0 saturated carbocycles. The van der Waals surface area contributed by atoms with Crippen LogP contribution in [0.5, 0.6) is 28.7 Å². The monoisotopic (exact) mass is 430 g/mol. The van der Waals surface area contributed by atoms with E-state index in [1.807, 2.05) is 12.1 Å². The maximum Gasteiger partial charge on any atom is 0.303 e. The summed E-state index contributed by atoms with van der Waals surface area (Å²) in [5.74, 6) is 2.10. The summed E-state index contributed by atoms with van der Waals surface area (Å²) < 4.78 is 33.5. The number of esters is 1. The summed E-state index contributed by atoms with van der Waals surface area (Å²) in [5, 5.41) is 0. The Balaban J connectivity index is 2.44. The minimum atomic E-state index is -0.709. The fourth-order valence-electron chi connectivity index (χ4n) is 3.23. The van der Waals surface area contributed by atoms with Crippen LogP contribution in [0.4, 0.5) is 0 Å². The molecule has 0 bridgehead atoms. The van der Waals surface area contributed by atoms with Crippen molar-refractivity contribution in [2.75, 3.05) is 28.4 Å². The molecule has 0 spiro atoms. The van der Waals surface area contributed by atoms with Gasteiger partial charge >= 0.3 is 5.97 Å². The molecule has 31 heavy (non-hydrogen) atoms. The first-order chi connectivity index (χ1) is 14.9. The van der Waals surface area contributed by atoms with E-state index in [1.165, 1.54) is 6.92 Å². The third-order valence-electron chi connectivity index (χ3n) is 4.66. The van der Waals surface area contributed by atoms with Crippen LogP contribution in [0.2, 0.25) is 0 Å². The minimum Gasteiger partial charge on any atom is -0.493 e. The fraction of sp³-hybridized carbons (Fsp3) is 0.375. The first-order valence-electron chi connectivity index (χ1n) is 9.80. The second kappa shape index (κ2) is 11.2. The molecule has 0 radical (unpaired) electrons. The van der Waals surface area contributed by atoms with Gasteiger partial charge in [0.1, 0.15) is 6.10 Å². The first-order valence-corrected chi connectivity index (χ1v) is 9.80. The second-order valence-corrected chi connectivity index (χ2v) is 6.79. The lowest BCUT2D eigenvalue weighted by Gasteiger charge is -2.27. The number of benzene rings is 2. The van der Waals surface area contributed by atoms with Crippen LogP contribution in [0.1, 0.15) is 31.1 Å². The highest BCUT2D eigenvalue weighted by molar-refractivity contribution is 5.66. The summed E-state index contributed by atoms with van der Waals surface area (Å²) in [7, 11) is 6.22. The molecule has 0 aliphatic rings. The molecule has 0 heterocycles. The van der Waals surface area contributed by atoms with E-state index in [0.29, 0.717) is 40.7 Å². The van der Waals surface area contributed by atoms with Gasteiger partial charge in [0.05, 0.1) is 28.4 Å². The Hall–Kier alpha value is -3.35. The average molecular weight is 430 g/mol. The third kappa shape index (κ3) is 5.84. The maximum atomic E-state index is 11.8. The van der Waals surface area contributed by atoms with Gasteiger partial charge in [0, 0.05) is 12.5 Å². The molecule has 0 aliphatic carbocycles. The van der Waals surface area contributed by atoms with Crippen LogP contribution in [0.15, 0.2) is 43.0 Å². The van der Waals surface area contributed by atoms with Crippen LogP contribution in [-0.2, 0) is 16.0 Å². The molecule has 0 amide bonds. The van der Waals surface area contributed by atoms with E-state index >= 15 is 0 Å². The number of rotatable bonds is 11. The van der Waals surface area contributed by atoms with E-state index in [1.54, 1.807) is 59.6 Å². The highest BCUT2D eigenvalue weighted by Gasteiger charge is 2.28. The van der Waals surface area contributed by atoms with Gasteiger partial charge in [0.2, 0.25) is 5.75 Å². The van der Waals surface area contributed by atoms with Crippen molar-refractivity contribution in [1.82, 2.24) is 0 Å². The van der Waals surface area contributed by atoms with Gasteiger partial charge in [0.25, 0.3) is 0 Å². The van der Waals surface area contributed by atoms with Gasteiger partial charge in [-0.05, 0) is 43.2 Å². The number of allylic oxidation sites excluding steroid dienone is 1. The van der Waals surface area contributed by atoms with Crippen LogP contribution < -0.4 is 23.7 Å². The van der Waals surface area contributed by atoms with E-state index in [-0.39, 0.29) is 0 Å². The van der Waals surface area contributed by atoms with E-state index in [4.69, 9.17) is 28.4 Å². The van der Waals surface area contributed by atoms with Crippen LogP contribution in [0.25, 0.3) is 0 Å². The maximum absolute atomic E-state index is 11.8. The van der Waals surface area contributed by atoms with E-state index in [2.05, 4.69) is 6.58 Å². The smallest absolute Gasteiger partial charge is 0.303 e. The van der Waals surface area contributed by atoms with Gasteiger partial charge in [-0.3, -0.25) is 4.79 Å². The summed E-state index contributed by atoms with van der Waals surface area (Å²) in [6.07, 6.45) is 1.17. The number of hydrogen-bond acceptors (Lipinski definition) is 7. The summed E-state index contributed by atoms with van der Waals surface area (Å²) >= 11 is 0. The fourth-order valence-corrected chi connectivity index (χ4v) is 3.23. The number of methoxy groups -OCH3 is 4. The zero-order valence-electron chi connectivity index (χ0n) is 18.9. The predicted molar refractivity (Wildman–Crippen MR) is 118 cm³/mol. The summed E-state index contributed by atoms with van der Waals surface area (Å²) in [6, 6.07) is 9.04. The molecule has 168 valence electrons. The molecule has 2 aromatic rings. The van der Waals surface area contributed by atoms with Crippen molar-refractivity contribution in [1.29, 1.82) is 0 Å². The van der Waals surface area contributed by atoms with Gasteiger partial charge < -0.3 is 28.4 Å². The third-order valence-corrected chi connectivity index (χ3v) is 4.66. The van der Waals surface area contributed by atoms with Crippen molar-refractivity contribution in [3.8, 4) is 28.7 Å². The number of ether oxygens (including phenoxy) is 6. The second-order valence-electron chi connectivity index (χ2n) is 6.79. The van der Waals surface area contributed by atoms with Gasteiger partial charge in [-0.25, -0.2) is 0 Å². The lowest BCUT2D eigenvalue weighted by molar-refractivity contribution is -0.151. The lowest BCUT2D eigenvalue weighted by atomic mass is 10.0. The first kappa shape index (κ1) is 23.9. The van der Waals surface area contributed by atoms with Crippen LogP contribution in [0, 0.1) is 0 Å². The Morgan fingerprint density at radius 3 is 2.00 bits per heavy atom. The predicted octanol–water partition coefficient (Wildman–Crippen LogP) is 4.52. The van der Waals surface area contributed by atoms with Crippen molar-refractivity contribution in [2.45, 2.75) is 32.5 Å². The molecule has 0 N–H and O–H groups in total. The van der Waals surface area contributed by atoms with Crippen LogP contribution in [0.3, 0.4) is 0 Å². The Labute approximate surface area is 183 Å². The normalized spacial score (nSPS) is 12.3. The standard InChI is InChI=1S/C24H30O7/c1-8-9-17-12-21(28-6)24(22(13-17)29-7)30-15(2)23(31-16(3)25)18-10-11-19(26-4)20(14-18)27-5/h8,10-15,23H,1,9H2,2-7H3. The molecule has 7 heteroatoms.